The topological polar surface area (TPSA) is 81.5 Å². The number of para-hydroxylation sites is 1. The van der Waals surface area contributed by atoms with E-state index < -0.39 is 22.3 Å². The largest absolute Gasteiger partial charge is 0.483 e. The van der Waals surface area contributed by atoms with Crippen LogP contribution in [0, 0.1) is 15.9 Å². The van der Waals surface area contributed by atoms with E-state index in [-0.39, 0.29) is 12.3 Å². The first-order valence-corrected chi connectivity index (χ1v) is 6.95. The maximum atomic E-state index is 13.2. The van der Waals surface area contributed by atoms with E-state index >= 15 is 0 Å². The Labute approximate surface area is 132 Å². The van der Waals surface area contributed by atoms with E-state index in [9.17, 15) is 19.3 Å². The predicted molar refractivity (Wildman–Crippen MR) is 83.0 cm³/mol. The number of rotatable bonds is 6. The molecule has 23 heavy (non-hydrogen) atoms. The fraction of sp³-hybridized carbons (Fsp3) is 0.188. The van der Waals surface area contributed by atoms with Crippen molar-refractivity contribution >= 4 is 17.3 Å². The van der Waals surface area contributed by atoms with Gasteiger partial charge in [-0.2, -0.15) is 4.39 Å². The van der Waals surface area contributed by atoms with E-state index in [1.165, 1.54) is 6.07 Å². The van der Waals surface area contributed by atoms with Crippen LogP contribution >= 0.6 is 0 Å². The lowest BCUT2D eigenvalue weighted by Gasteiger charge is -2.10. The SMILES string of the molecule is CCc1ccccc1OCC(=O)Nc1ccc(F)c([N+](=O)[O-])c1. The molecule has 1 N–H and O–H groups in total. The number of ether oxygens (including phenoxy) is 1. The van der Waals surface area contributed by atoms with Gasteiger partial charge in [-0.25, -0.2) is 0 Å². The van der Waals surface area contributed by atoms with Crippen molar-refractivity contribution in [2.45, 2.75) is 13.3 Å². The maximum absolute atomic E-state index is 13.2. The van der Waals surface area contributed by atoms with E-state index in [1.807, 2.05) is 19.1 Å². The number of anilines is 1. The molecular formula is C16H15FN2O4. The van der Waals surface area contributed by atoms with Gasteiger partial charge in [0.2, 0.25) is 5.82 Å². The van der Waals surface area contributed by atoms with Crippen LogP contribution in [0.15, 0.2) is 42.5 Å². The lowest BCUT2D eigenvalue weighted by Crippen LogP contribution is -2.20. The highest BCUT2D eigenvalue weighted by molar-refractivity contribution is 5.92. The van der Waals surface area contributed by atoms with Crippen LogP contribution in [0.3, 0.4) is 0 Å². The smallest absolute Gasteiger partial charge is 0.306 e. The molecule has 0 atom stereocenters. The van der Waals surface area contributed by atoms with Crippen LogP contribution < -0.4 is 10.1 Å². The summed E-state index contributed by atoms with van der Waals surface area (Å²) in [5, 5.41) is 13.1. The predicted octanol–water partition coefficient (Wildman–Crippen LogP) is 3.31. The third kappa shape index (κ3) is 4.26. The molecule has 0 fully saturated rings. The minimum absolute atomic E-state index is 0.135. The Balaban J connectivity index is 2.00. The average Bonchev–Trinajstić information content (AvgIpc) is 2.54. The number of hydrogen-bond donors (Lipinski definition) is 1. The molecule has 2 aromatic rings. The second-order valence-corrected chi connectivity index (χ2v) is 4.72. The van der Waals surface area contributed by atoms with Crippen molar-refractivity contribution < 1.29 is 18.8 Å². The van der Waals surface area contributed by atoms with Gasteiger partial charge < -0.3 is 10.1 Å². The van der Waals surface area contributed by atoms with Crippen LogP contribution in [0.4, 0.5) is 15.8 Å². The highest BCUT2D eigenvalue weighted by atomic mass is 19.1. The molecule has 7 heteroatoms. The molecule has 0 aliphatic carbocycles. The molecule has 0 spiro atoms. The first kappa shape index (κ1) is 16.4. The molecule has 2 aromatic carbocycles. The molecule has 0 bridgehead atoms. The summed E-state index contributed by atoms with van der Waals surface area (Å²) in [6.07, 6.45) is 0.766. The number of nitrogens with zero attached hydrogens (tertiary/aromatic N) is 1. The Kier molecular flexibility index (Phi) is 5.24. The molecule has 2 rings (SSSR count). The normalized spacial score (nSPS) is 10.2. The molecule has 0 saturated heterocycles. The highest BCUT2D eigenvalue weighted by Crippen LogP contribution is 2.22. The Morgan fingerprint density at radius 1 is 1.30 bits per heavy atom. The lowest BCUT2D eigenvalue weighted by molar-refractivity contribution is -0.387. The minimum atomic E-state index is -0.957. The quantitative estimate of drug-likeness (QED) is 0.654. The summed E-state index contributed by atoms with van der Waals surface area (Å²) < 4.78 is 18.7. The Morgan fingerprint density at radius 2 is 2.04 bits per heavy atom. The van der Waals surface area contributed by atoms with E-state index in [0.717, 1.165) is 24.1 Å². The van der Waals surface area contributed by atoms with Gasteiger partial charge in [-0.15, -0.1) is 0 Å². The van der Waals surface area contributed by atoms with Gasteiger partial charge in [0.15, 0.2) is 6.61 Å². The zero-order valence-corrected chi connectivity index (χ0v) is 12.4. The van der Waals surface area contributed by atoms with E-state index in [2.05, 4.69) is 5.32 Å². The second kappa shape index (κ2) is 7.35. The molecule has 0 aromatic heterocycles. The highest BCUT2D eigenvalue weighted by Gasteiger charge is 2.15. The number of carbonyl (C=O) groups excluding carboxylic acids is 1. The number of benzene rings is 2. The van der Waals surface area contributed by atoms with Crippen molar-refractivity contribution in [1.82, 2.24) is 0 Å². The van der Waals surface area contributed by atoms with Crippen LogP contribution in [-0.2, 0) is 11.2 Å². The number of nitro benzene ring substituents is 1. The number of halogens is 1. The molecular weight excluding hydrogens is 303 g/mol. The summed E-state index contributed by atoms with van der Waals surface area (Å²) in [5.41, 5.74) is 0.410. The van der Waals surface area contributed by atoms with Crippen molar-refractivity contribution in [2.24, 2.45) is 0 Å². The van der Waals surface area contributed by atoms with Crippen LogP contribution in [0.1, 0.15) is 12.5 Å². The van der Waals surface area contributed by atoms with Gasteiger partial charge in [-0.1, -0.05) is 25.1 Å². The van der Waals surface area contributed by atoms with Crippen molar-refractivity contribution in [3.63, 3.8) is 0 Å². The van der Waals surface area contributed by atoms with Gasteiger partial charge in [-0.05, 0) is 30.2 Å². The van der Waals surface area contributed by atoms with E-state index in [0.29, 0.717) is 5.75 Å². The first-order chi connectivity index (χ1) is 11.0. The molecule has 0 aliphatic rings. The number of nitro groups is 1. The maximum Gasteiger partial charge on any atom is 0.306 e. The zero-order valence-electron chi connectivity index (χ0n) is 12.4. The third-order valence-electron chi connectivity index (χ3n) is 3.14. The van der Waals surface area contributed by atoms with Gasteiger partial charge in [0, 0.05) is 11.8 Å². The van der Waals surface area contributed by atoms with Crippen LogP contribution in [0.25, 0.3) is 0 Å². The van der Waals surface area contributed by atoms with E-state index in [4.69, 9.17) is 4.74 Å². The Bertz CT molecular complexity index is 734. The standard InChI is InChI=1S/C16H15FN2O4/c1-2-11-5-3-4-6-15(11)23-10-16(20)18-12-7-8-13(17)14(9-12)19(21)22/h3-9H,2,10H2,1H3,(H,18,20). The van der Waals surface area contributed by atoms with Gasteiger partial charge in [0.25, 0.3) is 5.91 Å². The van der Waals surface area contributed by atoms with Gasteiger partial charge in [0.1, 0.15) is 5.75 Å². The summed E-state index contributed by atoms with van der Waals surface area (Å²) in [7, 11) is 0. The molecule has 0 heterocycles. The number of aryl methyl sites for hydroxylation is 1. The van der Waals surface area contributed by atoms with Crippen molar-refractivity contribution in [3.8, 4) is 5.75 Å². The third-order valence-corrected chi connectivity index (χ3v) is 3.14. The Hall–Kier alpha value is -2.96. The summed E-state index contributed by atoms with van der Waals surface area (Å²) in [6.45, 7) is 1.72. The van der Waals surface area contributed by atoms with Gasteiger partial charge >= 0.3 is 5.69 Å². The van der Waals surface area contributed by atoms with Crippen LogP contribution in [0.2, 0.25) is 0 Å². The molecule has 0 unspecified atom stereocenters. The minimum Gasteiger partial charge on any atom is -0.483 e. The lowest BCUT2D eigenvalue weighted by atomic mass is 10.1. The molecule has 0 aliphatic heterocycles. The molecule has 0 saturated carbocycles. The molecule has 1 amide bonds. The first-order valence-electron chi connectivity index (χ1n) is 6.95. The summed E-state index contributed by atoms with van der Waals surface area (Å²) in [4.78, 5) is 21.7. The molecule has 6 nitrogen and oxygen atoms in total. The number of hydrogen-bond acceptors (Lipinski definition) is 4. The summed E-state index contributed by atoms with van der Waals surface area (Å²) in [6, 6.07) is 10.5. The van der Waals surface area contributed by atoms with E-state index in [1.54, 1.807) is 12.1 Å². The van der Waals surface area contributed by atoms with Crippen molar-refractivity contribution in [1.29, 1.82) is 0 Å². The fourth-order valence-electron chi connectivity index (χ4n) is 2.01. The van der Waals surface area contributed by atoms with Crippen molar-refractivity contribution in [3.05, 3.63) is 64.0 Å². The number of carbonyl (C=O) groups is 1. The van der Waals surface area contributed by atoms with Gasteiger partial charge in [0.05, 0.1) is 4.92 Å². The second-order valence-electron chi connectivity index (χ2n) is 4.72. The Morgan fingerprint density at radius 3 is 2.74 bits per heavy atom. The average molecular weight is 318 g/mol. The number of nitrogens with one attached hydrogen (secondary N) is 1. The zero-order chi connectivity index (χ0) is 16.8. The summed E-state index contributed by atoms with van der Waals surface area (Å²) >= 11 is 0. The molecule has 120 valence electrons. The monoisotopic (exact) mass is 318 g/mol. The number of amides is 1. The van der Waals surface area contributed by atoms with Crippen LogP contribution in [-0.4, -0.2) is 17.4 Å². The summed E-state index contributed by atoms with van der Waals surface area (Å²) in [5.74, 6) is -0.840. The molecule has 0 radical (unpaired) electrons. The fourth-order valence-corrected chi connectivity index (χ4v) is 2.01. The van der Waals surface area contributed by atoms with Crippen molar-refractivity contribution in [2.75, 3.05) is 11.9 Å². The van der Waals surface area contributed by atoms with Gasteiger partial charge in [-0.3, -0.25) is 14.9 Å². The van der Waals surface area contributed by atoms with Crippen LogP contribution in [0.5, 0.6) is 5.75 Å².